The van der Waals surface area contributed by atoms with Crippen LogP contribution in [0.25, 0.3) is 6.08 Å². The molecule has 1 atom stereocenters. The molecule has 1 aliphatic heterocycles. The number of ether oxygens (including phenoxy) is 4. The van der Waals surface area contributed by atoms with Crippen molar-refractivity contribution in [3.05, 3.63) is 84.5 Å². The van der Waals surface area contributed by atoms with Crippen molar-refractivity contribution in [1.82, 2.24) is 4.57 Å². The minimum atomic E-state index is -0.747. The highest BCUT2D eigenvalue weighted by atomic mass is 32.1. The van der Waals surface area contributed by atoms with Crippen LogP contribution < -0.4 is 29.1 Å². The molecular formula is C25H24N2O6S. The number of fused-ring (bicyclic) bond motifs is 1. The van der Waals surface area contributed by atoms with Crippen LogP contribution in [-0.2, 0) is 9.53 Å². The van der Waals surface area contributed by atoms with E-state index in [2.05, 4.69) is 4.99 Å². The number of rotatable bonds is 6. The number of thiazole rings is 1. The maximum atomic E-state index is 13.7. The van der Waals surface area contributed by atoms with Gasteiger partial charge in [-0.3, -0.25) is 9.36 Å². The predicted octanol–water partition coefficient (Wildman–Crippen LogP) is 2.43. The van der Waals surface area contributed by atoms with Crippen molar-refractivity contribution in [3.63, 3.8) is 0 Å². The Hall–Kier alpha value is -3.85. The van der Waals surface area contributed by atoms with Crippen LogP contribution in [0.2, 0.25) is 0 Å². The summed E-state index contributed by atoms with van der Waals surface area (Å²) in [5.74, 6) is 1.11. The Balaban J connectivity index is 1.99. The van der Waals surface area contributed by atoms with Gasteiger partial charge < -0.3 is 18.9 Å². The van der Waals surface area contributed by atoms with E-state index < -0.39 is 12.0 Å². The second-order valence-corrected chi connectivity index (χ2v) is 8.44. The van der Waals surface area contributed by atoms with Crippen LogP contribution in [0.4, 0.5) is 0 Å². The molecule has 0 bridgehead atoms. The van der Waals surface area contributed by atoms with Gasteiger partial charge in [0.1, 0.15) is 5.75 Å². The molecule has 8 nitrogen and oxygen atoms in total. The molecule has 4 rings (SSSR count). The number of hydrogen-bond donors (Lipinski definition) is 0. The van der Waals surface area contributed by atoms with Crippen LogP contribution in [0.1, 0.15) is 24.1 Å². The summed E-state index contributed by atoms with van der Waals surface area (Å²) in [6, 6.07) is 12.0. The maximum Gasteiger partial charge on any atom is 0.338 e. The Bertz CT molecular complexity index is 1470. The lowest BCUT2D eigenvalue weighted by molar-refractivity contribution is -0.136. The molecule has 0 fully saturated rings. The Morgan fingerprint density at radius 1 is 1.00 bits per heavy atom. The van der Waals surface area contributed by atoms with Gasteiger partial charge in [0, 0.05) is 5.56 Å². The first-order chi connectivity index (χ1) is 16.4. The first-order valence-corrected chi connectivity index (χ1v) is 11.2. The highest BCUT2D eigenvalue weighted by molar-refractivity contribution is 7.07. The fourth-order valence-electron chi connectivity index (χ4n) is 3.96. The topological polar surface area (TPSA) is 88.4 Å². The lowest BCUT2D eigenvalue weighted by Crippen LogP contribution is -2.39. The average Bonchev–Trinajstić information content (AvgIpc) is 3.16. The minimum absolute atomic E-state index is 0.275. The molecule has 176 valence electrons. The Labute approximate surface area is 200 Å². The number of nitrogens with zero attached hydrogens (tertiary/aromatic N) is 2. The van der Waals surface area contributed by atoms with E-state index in [4.69, 9.17) is 18.9 Å². The molecule has 0 amide bonds. The lowest BCUT2D eigenvalue weighted by Gasteiger charge is -2.25. The van der Waals surface area contributed by atoms with Crippen molar-refractivity contribution < 1.29 is 23.7 Å². The van der Waals surface area contributed by atoms with E-state index in [9.17, 15) is 9.59 Å². The number of hydrogen-bond acceptors (Lipinski definition) is 8. The van der Waals surface area contributed by atoms with E-state index in [1.54, 1.807) is 45.4 Å². The summed E-state index contributed by atoms with van der Waals surface area (Å²) in [6.45, 7) is 1.73. The highest BCUT2D eigenvalue weighted by Gasteiger charge is 2.33. The van der Waals surface area contributed by atoms with E-state index in [0.29, 0.717) is 37.8 Å². The Kier molecular flexibility index (Phi) is 6.56. The average molecular weight is 481 g/mol. The second kappa shape index (κ2) is 9.56. The molecular weight excluding hydrogens is 456 g/mol. The number of para-hydroxylation sites is 1. The second-order valence-electron chi connectivity index (χ2n) is 7.43. The van der Waals surface area contributed by atoms with Gasteiger partial charge in [0.05, 0.1) is 50.3 Å². The third-order valence-corrected chi connectivity index (χ3v) is 6.56. The van der Waals surface area contributed by atoms with Crippen molar-refractivity contribution in [2.24, 2.45) is 4.99 Å². The molecule has 1 aliphatic rings. The zero-order valence-corrected chi connectivity index (χ0v) is 20.3. The number of esters is 1. The van der Waals surface area contributed by atoms with Crippen LogP contribution in [0, 0.1) is 0 Å². The summed E-state index contributed by atoms with van der Waals surface area (Å²) in [4.78, 5) is 31.5. The summed E-state index contributed by atoms with van der Waals surface area (Å²) in [5.41, 5.74) is 1.92. The summed E-state index contributed by atoms with van der Waals surface area (Å²) < 4.78 is 23.3. The number of aromatic nitrogens is 1. The molecule has 0 N–H and O–H groups in total. The van der Waals surface area contributed by atoms with Crippen LogP contribution in [0.5, 0.6) is 17.2 Å². The summed E-state index contributed by atoms with van der Waals surface area (Å²) >= 11 is 1.25. The molecule has 0 aliphatic carbocycles. The van der Waals surface area contributed by atoms with E-state index in [1.807, 2.05) is 24.3 Å². The van der Waals surface area contributed by atoms with Crippen LogP contribution in [0.3, 0.4) is 0 Å². The molecule has 2 aromatic carbocycles. The van der Waals surface area contributed by atoms with Gasteiger partial charge in [-0.25, -0.2) is 9.79 Å². The first kappa shape index (κ1) is 23.3. The van der Waals surface area contributed by atoms with Gasteiger partial charge in [0.25, 0.3) is 5.56 Å². The van der Waals surface area contributed by atoms with Crippen molar-refractivity contribution in [3.8, 4) is 17.2 Å². The largest absolute Gasteiger partial charge is 0.496 e. The molecule has 0 unspecified atom stereocenters. The van der Waals surface area contributed by atoms with Gasteiger partial charge >= 0.3 is 5.97 Å². The van der Waals surface area contributed by atoms with E-state index >= 15 is 0 Å². The number of allylic oxidation sites excluding steroid dienone is 1. The van der Waals surface area contributed by atoms with Crippen LogP contribution in [-0.4, -0.2) is 39.0 Å². The fourth-order valence-corrected chi connectivity index (χ4v) is 5.00. The Morgan fingerprint density at radius 3 is 2.38 bits per heavy atom. The zero-order chi connectivity index (χ0) is 24.4. The van der Waals surface area contributed by atoms with Gasteiger partial charge in [0.2, 0.25) is 0 Å². The van der Waals surface area contributed by atoms with Crippen LogP contribution >= 0.6 is 11.3 Å². The monoisotopic (exact) mass is 480 g/mol. The van der Waals surface area contributed by atoms with E-state index in [-0.39, 0.29) is 11.1 Å². The molecule has 0 saturated carbocycles. The fraction of sp³-hybridized carbons (Fsp3) is 0.240. The highest BCUT2D eigenvalue weighted by Crippen LogP contribution is 2.36. The smallest absolute Gasteiger partial charge is 0.338 e. The van der Waals surface area contributed by atoms with Crippen molar-refractivity contribution >= 4 is 23.4 Å². The molecule has 9 heteroatoms. The zero-order valence-electron chi connectivity index (χ0n) is 19.4. The van der Waals surface area contributed by atoms with Crippen molar-refractivity contribution in [2.45, 2.75) is 13.0 Å². The summed E-state index contributed by atoms with van der Waals surface area (Å²) in [6.07, 6.45) is 1.77. The first-order valence-electron chi connectivity index (χ1n) is 10.4. The van der Waals surface area contributed by atoms with Crippen LogP contribution in [0.15, 0.2) is 63.5 Å². The quantitative estimate of drug-likeness (QED) is 0.504. The molecule has 0 radical (unpaired) electrons. The normalized spacial score (nSPS) is 15.4. The third-order valence-electron chi connectivity index (χ3n) is 5.58. The van der Waals surface area contributed by atoms with Gasteiger partial charge in [-0.05, 0) is 36.8 Å². The number of methoxy groups -OCH3 is 4. The number of carbonyl (C=O) groups excluding carboxylic acids is 1. The van der Waals surface area contributed by atoms with E-state index in [1.165, 1.54) is 30.1 Å². The predicted molar refractivity (Wildman–Crippen MR) is 128 cm³/mol. The van der Waals surface area contributed by atoms with E-state index in [0.717, 1.165) is 5.56 Å². The lowest BCUT2D eigenvalue weighted by atomic mass is 9.95. The molecule has 34 heavy (non-hydrogen) atoms. The van der Waals surface area contributed by atoms with Crippen molar-refractivity contribution in [1.29, 1.82) is 0 Å². The molecule has 0 spiro atoms. The standard InChI is InChI=1S/C25H24N2O6S/c1-14-21(24(29)33-5)22(16-10-11-18(31-3)19(12-16)32-4)27-23(28)20(34-25(27)26-14)13-15-8-6-7-9-17(15)30-2/h6-13,22H,1-5H3/b20-13+/t22-/m1/s1. The maximum absolute atomic E-state index is 13.7. The van der Waals surface area contributed by atoms with Gasteiger partial charge in [0.15, 0.2) is 16.3 Å². The summed E-state index contributed by atoms with van der Waals surface area (Å²) in [7, 11) is 5.96. The van der Waals surface area contributed by atoms with Gasteiger partial charge in [-0.1, -0.05) is 35.6 Å². The Morgan fingerprint density at radius 2 is 1.71 bits per heavy atom. The van der Waals surface area contributed by atoms with Gasteiger partial charge in [-0.2, -0.15) is 0 Å². The summed E-state index contributed by atoms with van der Waals surface area (Å²) in [5, 5.41) is 0. The van der Waals surface area contributed by atoms with Gasteiger partial charge in [-0.15, -0.1) is 0 Å². The molecule has 3 aromatic rings. The third kappa shape index (κ3) is 3.99. The van der Waals surface area contributed by atoms with Crippen molar-refractivity contribution in [2.75, 3.05) is 28.4 Å². The molecule has 0 saturated heterocycles. The SMILES string of the molecule is COC(=O)C1=C(C)N=c2s/c(=C/c3ccccc3OC)c(=O)n2[C@@H]1c1ccc(OC)c(OC)c1. The molecule has 1 aromatic heterocycles. The minimum Gasteiger partial charge on any atom is -0.496 e. The number of carbonyl (C=O) groups is 1. The number of benzene rings is 2. The molecule has 2 heterocycles.